The van der Waals surface area contributed by atoms with Gasteiger partial charge >= 0.3 is 0 Å². The summed E-state index contributed by atoms with van der Waals surface area (Å²) in [6.45, 7) is 3.73. The van der Waals surface area contributed by atoms with Crippen LogP contribution in [0.15, 0.2) is 0 Å². The van der Waals surface area contributed by atoms with Crippen LogP contribution in [0.1, 0.15) is 25.7 Å². The third kappa shape index (κ3) is 3.17. The predicted octanol–water partition coefficient (Wildman–Crippen LogP) is 0.823. The fourth-order valence-electron chi connectivity index (χ4n) is 2.54. The van der Waals surface area contributed by atoms with Gasteiger partial charge in [0, 0.05) is 32.0 Å². The molecule has 0 unspecified atom stereocenters. The van der Waals surface area contributed by atoms with Crippen LogP contribution >= 0.6 is 0 Å². The number of hydrogen-bond donors (Lipinski definition) is 1. The van der Waals surface area contributed by atoms with Crippen LogP contribution in [0.2, 0.25) is 0 Å². The first-order valence-corrected chi connectivity index (χ1v) is 6.36. The summed E-state index contributed by atoms with van der Waals surface area (Å²) < 4.78 is 11.4. The Hall–Kier alpha value is -0.160. The van der Waals surface area contributed by atoms with Crippen LogP contribution < -0.4 is 5.32 Å². The molecule has 0 atom stereocenters. The number of rotatable bonds is 4. The van der Waals surface area contributed by atoms with E-state index in [4.69, 9.17) is 9.47 Å². The van der Waals surface area contributed by atoms with Crippen LogP contribution in [0.4, 0.5) is 0 Å². The largest absolute Gasteiger partial charge is 0.348 e. The Morgan fingerprint density at radius 1 is 1.19 bits per heavy atom. The van der Waals surface area contributed by atoms with E-state index in [0.29, 0.717) is 6.04 Å². The summed E-state index contributed by atoms with van der Waals surface area (Å²) in [5.74, 6) is -0.209. The van der Waals surface area contributed by atoms with Crippen LogP contribution in [-0.2, 0) is 9.47 Å². The molecule has 0 amide bonds. The minimum absolute atomic E-state index is 0.209. The van der Waals surface area contributed by atoms with Crippen molar-refractivity contribution in [2.24, 2.45) is 0 Å². The van der Waals surface area contributed by atoms with Gasteiger partial charge < -0.3 is 19.7 Å². The average molecular weight is 228 g/mol. The highest BCUT2D eigenvalue weighted by molar-refractivity contribution is 4.85. The Morgan fingerprint density at radius 3 is 2.38 bits per heavy atom. The Kier molecular flexibility index (Phi) is 4.19. The standard InChI is InChI=1S/C12H24N2O2/c1-14(2)8-7-13-11-3-5-12(6-4-11)15-9-10-16-12/h11,13H,3-10H2,1-2H3. The van der Waals surface area contributed by atoms with Gasteiger partial charge in [0.25, 0.3) is 0 Å². The molecule has 0 bridgehead atoms. The second-order valence-corrected chi connectivity index (χ2v) is 5.14. The number of ether oxygens (including phenoxy) is 2. The number of nitrogens with zero attached hydrogens (tertiary/aromatic N) is 1. The number of hydrogen-bond acceptors (Lipinski definition) is 4. The van der Waals surface area contributed by atoms with E-state index >= 15 is 0 Å². The summed E-state index contributed by atoms with van der Waals surface area (Å²) in [5.41, 5.74) is 0. The fraction of sp³-hybridized carbons (Fsp3) is 1.00. The summed E-state index contributed by atoms with van der Waals surface area (Å²) >= 11 is 0. The first-order chi connectivity index (χ1) is 7.70. The van der Waals surface area contributed by atoms with Crippen LogP contribution in [-0.4, -0.2) is 57.1 Å². The van der Waals surface area contributed by atoms with Gasteiger partial charge in [-0.2, -0.15) is 0 Å². The first-order valence-electron chi connectivity index (χ1n) is 6.36. The Balaban J connectivity index is 1.65. The third-order valence-electron chi connectivity index (χ3n) is 3.55. The van der Waals surface area contributed by atoms with Crippen molar-refractivity contribution in [1.29, 1.82) is 0 Å². The van der Waals surface area contributed by atoms with Crippen molar-refractivity contribution in [2.75, 3.05) is 40.4 Å². The fourth-order valence-corrected chi connectivity index (χ4v) is 2.54. The van der Waals surface area contributed by atoms with Gasteiger partial charge in [0.15, 0.2) is 5.79 Å². The van der Waals surface area contributed by atoms with Crippen LogP contribution in [0.5, 0.6) is 0 Å². The summed E-state index contributed by atoms with van der Waals surface area (Å²) in [6.07, 6.45) is 4.44. The number of nitrogens with one attached hydrogen (secondary N) is 1. The lowest BCUT2D eigenvalue weighted by Gasteiger charge is -2.35. The van der Waals surface area contributed by atoms with Crippen LogP contribution in [0.3, 0.4) is 0 Å². The molecule has 1 spiro atoms. The second kappa shape index (κ2) is 5.45. The van der Waals surface area contributed by atoms with Gasteiger partial charge in [-0.25, -0.2) is 0 Å². The molecule has 0 aromatic heterocycles. The minimum atomic E-state index is -0.209. The molecule has 2 fully saturated rings. The highest BCUT2D eigenvalue weighted by Gasteiger charge is 2.39. The maximum atomic E-state index is 5.71. The van der Waals surface area contributed by atoms with Gasteiger partial charge in [0.2, 0.25) is 0 Å². The molecule has 1 heterocycles. The van der Waals surface area contributed by atoms with E-state index in [0.717, 1.165) is 39.1 Å². The molecule has 4 heteroatoms. The Bertz CT molecular complexity index is 205. The monoisotopic (exact) mass is 228 g/mol. The molecule has 2 rings (SSSR count). The van der Waals surface area contributed by atoms with E-state index in [2.05, 4.69) is 24.3 Å². The van der Waals surface area contributed by atoms with E-state index in [9.17, 15) is 0 Å². The molecule has 0 aromatic carbocycles. The maximum Gasteiger partial charge on any atom is 0.168 e. The van der Waals surface area contributed by atoms with E-state index < -0.39 is 0 Å². The summed E-state index contributed by atoms with van der Waals surface area (Å²) in [7, 11) is 4.22. The van der Waals surface area contributed by atoms with Crippen molar-refractivity contribution in [3.8, 4) is 0 Å². The van der Waals surface area contributed by atoms with Gasteiger partial charge in [0.1, 0.15) is 0 Å². The Labute approximate surface area is 98.3 Å². The molecule has 0 aromatic rings. The lowest BCUT2D eigenvalue weighted by atomic mass is 9.90. The predicted molar refractivity (Wildman–Crippen MR) is 63.4 cm³/mol. The first kappa shape index (κ1) is 12.3. The van der Waals surface area contributed by atoms with Gasteiger partial charge in [0.05, 0.1) is 13.2 Å². The molecule has 16 heavy (non-hydrogen) atoms. The molecule has 0 radical (unpaired) electrons. The normalized spacial score (nSPS) is 25.7. The zero-order valence-electron chi connectivity index (χ0n) is 10.5. The summed E-state index contributed by atoms with van der Waals surface area (Å²) in [6, 6.07) is 0.651. The van der Waals surface area contributed by atoms with Crippen LogP contribution in [0, 0.1) is 0 Å². The zero-order chi connectivity index (χ0) is 11.4. The topological polar surface area (TPSA) is 33.7 Å². The molecule has 1 aliphatic heterocycles. The average Bonchev–Trinajstić information content (AvgIpc) is 2.70. The molecule has 1 saturated carbocycles. The highest BCUT2D eigenvalue weighted by Crippen LogP contribution is 2.35. The molecular weight excluding hydrogens is 204 g/mol. The van der Waals surface area contributed by atoms with Crippen molar-refractivity contribution in [3.63, 3.8) is 0 Å². The highest BCUT2D eigenvalue weighted by atomic mass is 16.7. The van der Waals surface area contributed by atoms with E-state index in [1.165, 1.54) is 12.8 Å². The SMILES string of the molecule is CN(C)CCNC1CCC2(CC1)OCCO2. The van der Waals surface area contributed by atoms with Gasteiger partial charge in [-0.3, -0.25) is 0 Å². The van der Waals surface area contributed by atoms with Crippen molar-refractivity contribution < 1.29 is 9.47 Å². The van der Waals surface area contributed by atoms with Crippen LogP contribution in [0.25, 0.3) is 0 Å². The van der Waals surface area contributed by atoms with Crippen molar-refractivity contribution in [2.45, 2.75) is 37.5 Å². The number of likely N-dealkylation sites (N-methyl/N-ethyl adjacent to an activating group) is 1. The van der Waals surface area contributed by atoms with Gasteiger partial charge in [-0.15, -0.1) is 0 Å². The van der Waals surface area contributed by atoms with Crippen molar-refractivity contribution in [3.05, 3.63) is 0 Å². The van der Waals surface area contributed by atoms with E-state index in [1.807, 2.05) is 0 Å². The Morgan fingerprint density at radius 2 is 1.81 bits per heavy atom. The third-order valence-corrected chi connectivity index (χ3v) is 3.55. The van der Waals surface area contributed by atoms with Gasteiger partial charge in [-0.05, 0) is 26.9 Å². The quantitative estimate of drug-likeness (QED) is 0.772. The molecule has 1 N–H and O–H groups in total. The van der Waals surface area contributed by atoms with Crippen molar-refractivity contribution >= 4 is 0 Å². The van der Waals surface area contributed by atoms with Crippen molar-refractivity contribution in [1.82, 2.24) is 10.2 Å². The van der Waals surface area contributed by atoms with Gasteiger partial charge in [-0.1, -0.05) is 0 Å². The lowest BCUT2D eigenvalue weighted by molar-refractivity contribution is -0.179. The molecular formula is C12H24N2O2. The molecule has 1 aliphatic carbocycles. The molecule has 1 saturated heterocycles. The summed E-state index contributed by atoms with van der Waals surface area (Å²) in [4.78, 5) is 2.21. The minimum Gasteiger partial charge on any atom is -0.348 e. The smallest absolute Gasteiger partial charge is 0.168 e. The van der Waals surface area contributed by atoms with E-state index in [1.54, 1.807) is 0 Å². The molecule has 4 nitrogen and oxygen atoms in total. The lowest BCUT2D eigenvalue weighted by Crippen LogP contribution is -2.43. The van der Waals surface area contributed by atoms with E-state index in [-0.39, 0.29) is 5.79 Å². The maximum absolute atomic E-state index is 5.71. The molecule has 2 aliphatic rings. The second-order valence-electron chi connectivity index (χ2n) is 5.14. The zero-order valence-corrected chi connectivity index (χ0v) is 10.5. The summed E-state index contributed by atoms with van der Waals surface area (Å²) in [5, 5.41) is 3.61. The molecule has 94 valence electrons.